The molecule has 1 spiro atoms. The van der Waals surface area contributed by atoms with Crippen LogP contribution in [-0.4, -0.2) is 36.3 Å². The van der Waals surface area contributed by atoms with Crippen LogP contribution in [0.15, 0.2) is 0 Å². The fraction of sp³-hybridized carbons (Fsp3) is 1.00. The van der Waals surface area contributed by atoms with E-state index in [1.54, 1.807) is 0 Å². The number of nitrogens with one attached hydrogen (secondary N) is 1. The van der Waals surface area contributed by atoms with E-state index in [2.05, 4.69) is 24.0 Å². The van der Waals surface area contributed by atoms with Gasteiger partial charge in [-0.2, -0.15) is 11.8 Å². The number of thioether (sulfide) groups is 1. The molecule has 0 radical (unpaired) electrons. The first-order valence-electron chi connectivity index (χ1n) is 8.78. The predicted molar refractivity (Wildman–Crippen MR) is 87.4 cm³/mol. The molecule has 3 heteroatoms. The van der Waals surface area contributed by atoms with E-state index < -0.39 is 0 Å². The molecule has 2 aliphatic heterocycles. The van der Waals surface area contributed by atoms with Crippen molar-refractivity contribution < 1.29 is 4.74 Å². The van der Waals surface area contributed by atoms with Crippen molar-refractivity contribution in [3.8, 4) is 0 Å². The molecular weight excluding hydrogens is 266 g/mol. The highest BCUT2D eigenvalue weighted by Crippen LogP contribution is 2.45. The number of hydrogen-bond acceptors (Lipinski definition) is 3. The van der Waals surface area contributed by atoms with E-state index in [0.29, 0.717) is 0 Å². The van der Waals surface area contributed by atoms with Crippen molar-refractivity contribution in [2.45, 2.75) is 69.9 Å². The fourth-order valence-corrected chi connectivity index (χ4v) is 6.00. The monoisotopic (exact) mass is 297 g/mol. The molecule has 3 rings (SSSR count). The van der Waals surface area contributed by atoms with Crippen LogP contribution < -0.4 is 5.32 Å². The van der Waals surface area contributed by atoms with Gasteiger partial charge in [0, 0.05) is 12.6 Å². The van der Waals surface area contributed by atoms with Gasteiger partial charge >= 0.3 is 0 Å². The van der Waals surface area contributed by atoms with Gasteiger partial charge in [-0.1, -0.05) is 19.8 Å². The van der Waals surface area contributed by atoms with Crippen molar-refractivity contribution in [2.75, 3.05) is 24.7 Å². The van der Waals surface area contributed by atoms with Gasteiger partial charge in [-0.05, 0) is 68.4 Å². The summed E-state index contributed by atoms with van der Waals surface area (Å²) in [4.78, 5) is 0. The topological polar surface area (TPSA) is 21.3 Å². The van der Waals surface area contributed by atoms with Crippen LogP contribution in [0.5, 0.6) is 0 Å². The van der Waals surface area contributed by atoms with E-state index in [0.717, 1.165) is 31.0 Å². The molecular formula is C17H31NOS. The molecule has 0 aromatic carbocycles. The van der Waals surface area contributed by atoms with E-state index in [1.165, 1.54) is 62.9 Å². The van der Waals surface area contributed by atoms with Crippen LogP contribution in [0.1, 0.15) is 58.3 Å². The van der Waals surface area contributed by atoms with Gasteiger partial charge in [0.2, 0.25) is 0 Å². The summed E-state index contributed by atoms with van der Waals surface area (Å²) in [6.07, 6.45) is 11.0. The zero-order valence-electron chi connectivity index (χ0n) is 13.0. The molecule has 20 heavy (non-hydrogen) atoms. The second-order valence-corrected chi connectivity index (χ2v) is 8.23. The molecule has 3 fully saturated rings. The van der Waals surface area contributed by atoms with E-state index in [-0.39, 0.29) is 5.60 Å². The van der Waals surface area contributed by atoms with Gasteiger partial charge in [0.1, 0.15) is 0 Å². The Morgan fingerprint density at radius 1 is 1.15 bits per heavy atom. The van der Waals surface area contributed by atoms with E-state index in [9.17, 15) is 0 Å². The molecule has 3 unspecified atom stereocenters. The van der Waals surface area contributed by atoms with Crippen LogP contribution in [0, 0.1) is 11.8 Å². The Morgan fingerprint density at radius 3 is 2.75 bits per heavy atom. The Hall–Kier alpha value is 0.270. The smallest absolute Gasteiger partial charge is 0.0701 e. The summed E-state index contributed by atoms with van der Waals surface area (Å²) < 4.78 is 6.29. The van der Waals surface area contributed by atoms with Crippen molar-refractivity contribution in [1.82, 2.24) is 5.32 Å². The molecule has 0 bridgehead atoms. The third-order valence-corrected chi connectivity index (χ3v) is 6.81. The minimum absolute atomic E-state index is 0.266. The maximum absolute atomic E-state index is 6.29. The first kappa shape index (κ1) is 15.2. The second kappa shape index (κ2) is 7.02. The largest absolute Gasteiger partial charge is 0.375 e. The van der Waals surface area contributed by atoms with Gasteiger partial charge in [-0.15, -0.1) is 0 Å². The van der Waals surface area contributed by atoms with Crippen molar-refractivity contribution in [3.63, 3.8) is 0 Å². The molecule has 2 heterocycles. The van der Waals surface area contributed by atoms with Gasteiger partial charge < -0.3 is 10.1 Å². The third kappa shape index (κ3) is 3.36. The minimum Gasteiger partial charge on any atom is -0.375 e. The summed E-state index contributed by atoms with van der Waals surface area (Å²) in [5, 5.41) is 3.78. The fourth-order valence-electron chi connectivity index (χ4n) is 4.76. The van der Waals surface area contributed by atoms with Gasteiger partial charge in [-0.25, -0.2) is 0 Å². The van der Waals surface area contributed by atoms with E-state index in [4.69, 9.17) is 4.74 Å². The zero-order chi connectivity index (χ0) is 13.8. The lowest BCUT2D eigenvalue weighted by molar-refractivity contribution is -0.115. The standard InChI is InChI=1S/C17H31NOS/c1-2-18-16-6-4-3-5-15(16)14-7-10-19-17(13-14)8-11-20-12-9-17/h14-16,18H,2-13H2,1H3. The van der Waals surface area contributed by atoms with E-state index in [1.807, 2.05) is 0 Å². The lowest BCUT2D eigenvalue weighted by atomic mass is 9.69. The van der Waals surface area contributed by atoms with Gasteiger partial charge in [-0.3, -0.25) is 0 Å². The van der Waals surface area contributed by atoms with Crippen molar-refractivity contribution in [2.24, 2.45) is 11.8 Å². The Bertz CT molecular complexity index is 296. The molecule has 1 N–H and O–H groups in total. The van der Waals surface area contributed by atoms with Gasteiger partial charge in [0.05, 0.1) is 5.60 Å². The summed E-state index contributed by atoms with van der Waals surface area (Å²) in [5.41, 5.74) is 0.266. The van der Waals surface area contributed by atoms with Gasteiger partial charge in [0.25, 0.3) is 0 Å². The number of rotatable bonds is 3. The SMILES string of the molecule is CCNC1CCCCC1C1CCOC2(CCSCC2)C1. The molecule has 3 atom stereocenters. The van der Waals surface area contributed by atoms with Crippen LogP contribution in [-0.2, 0) is 4.74 Å². The normalized spacial score (nSPS) is 38.0. The number of ether oxygens (including phenoxy) is 1. The first-order valence-corrected chi connectivity index (χ1v) is 9.93. The first-order chi connectivity index (χ1) is 9.83. The minimum atomic E-state index is 0.266. The quantitative estimate of drug-likeness (QED) is 0.855. The Labute approximate surface area is 128 Å². The number of hydrogen-bond donors (Lipinski definition) is 1. The average Bonchev–Trinajstić information content (AvgIpc) is 2.49. The van der Waals surface area contributed by atoms with Crippen molar-refractivity contribution in [1.29, 1.82) is 0 Å². The highest BCUT2D eigenvalue weighted by Gasteiger charge is 2.42. The van der Waals surface area contributed by atoms with Crippen molar-refractivity contribution in [3.05, 3.63) is 0 Å². The summed E-state index contributed by atoms with van der Waals surface area (Å²) in [6, 6.07) is 0.784. The second-order valence-electron chi connectivity index (χ2n) is 7.01. The summed E-state index contributed by atoms with van der Waals surface area (Å²) in [7, 11) is 0. The van der Waals surface area contributed by atoms with Crippen LogP contribution in [0.25, 0.3) is 0 Å². The Morgan fingerprint density at radius 2 is 1.95 bits per heavy atom. The lowest BCUT2D eigenvalue weighted by Crippen LogP contribution is -2.49. The highest BCUT2D eigenvalue weighted by molar-refractivity contribution is 7.99. The molecule has 1 aliphatic carbocycles. The molecule has 3 aliphatic rings. The van der Waals surface area contributed by atoms with Gasteiger partial charge in [0.15, 0.2) is 0 Å². The van der Waals surface area contributed by atoms with Crippen LogP contribution in [0.3, 0.4) is 0 Å². The summed E-state index contributed by atoms with van der Waals surface area (Å²) >= 11 is 2.12. The maximum Gasteiger partial charge on any atom is 0.0701 e. The Balaban J connectivity index is 1.65. The molecule has 0 aromatic rings. The molecule has 0 amide bonds. The van der Waals surface area contributed by atoms with Crippen LogP contribution in [0.2, 0.25) is 0 Å². The summed E-state index contributed by atoms with van der Waals surface area (Å²) in [6.45, 7) is 4.41. The van der Waals surface area contributed by atoms with E-state index >= 15 is 0 Å². The summed E-state index contributed by atoms with van der Waals surface area (Å²) in [5.74, 6) is 4.46. The molecule has 2 nitrogen and oxygen atoms in total. The molecule has 1 saturated carbocycles. The maximum atomic E-state index is 6.29. The zero-order valence-corrected chi connectivity index (χ0v) is 13.9. The average molecular weight is 298 g/mol. The third-order valence-electron chi connectivity index (χ3n) is 5.83. The molecule has 116 valence electrons. The van der Waals surface area contributed by atoms with Crippen molar-refractivity contribution >= 4 is 11.8 Å². The lowest BCUT2D eigenvalue weighted by Gasteiger charge is -2.47. The van der Waals surface area contributed by atoms with Crippen LogP contribution in [0.4, 0.5) is 0 Å². The molecule has 0 aromatic heterocycles. The Kier molecular flexibility index (Phi) is 5.33. The highest BCUT2D eigenvalue weighted by atomic mass is 32.2. The van der Waals surface area contributed by atoms with Crippen LogP contribution >= 0.6 is 11.8 Å². The molecule has 2 saturated heterocycles. The predicted octanol–water partition coefficient (Wildman–Crippen LogP) is 3.85.